The van der Waals surface area contributed by atoms with Gasteiger partial charge in [-0.1, -0.05) is 19.9 Å². The maximum Gasteiger partial charge on any atom is 0.243 e. The van der Waals surface area contributed by atoms with Crippen molar-refractivity contribution in [1.82, 2.24) is 4.31 Å². The van der Waals surface area contributed by atoms with Crippen molar-refractivity contribution in [3.05, 3.63) is 29.3 Å². The minimum atomic E-state index is -3.39. The highest BCUT2D eigenvalue weighted by atomic mass is 35.5. The van der Waals surface area contributed by atoms with E-state index in [0.717, 1.165) is 17.5 Å². The lowest BCUT2D eigenvalue weighted by Gasteiger charge is -2.20. The number of sulfonamides is 1. The molecule has 1 aromatic rings. The molecule has 102 valence electrons. The summed E-state index contributed by atoms with van der Waals surface area (Å²) in [6.07, 6.45) is 0.807. The molecule has 0 aliphatic heterocycles. The van der Waals surface area contributed by atoms with E-state index in [4.69, 9.17) is 11.6 Å². The summed E-state index contributed by atoms with van der Waals surface area (Å²) in [6.45, 7) is 6.78. The van der Waals surface area contributed by atoms with Crippen molar-refractivity contribution in [2.45, 2.75) is 38.0 Å². The van der Waals surface area contributed by atoms with Crippen LogP contribution in [0.4, 0.5) is 0 Å². The minimum Gasteiger partial charge on any atom is -0.207 e. The van der Waals surface area contributed by atoms with Gasteiger partial charge in [0.2, 0.25) is 10.0 Å². The number of nitrogens with zero attached hydrogens (tertiary/aromatic N) is 1. The van der Waals surface area contributed by atoms with E-state index < -0.39 is 10.0 Å². The highest BCUT2D eigenvalue weighted by Crippen LogP contribution is 2.20. The number of benzene rings is 1. The number of rotatable bonds is 6. The Morgan fingerprint density at radius 1 is 1.28 bits per heavy atom. The molecular formula is C13H20ClNO2S. The molecule has 0 saturated carbocycles. The van der Waals surface area contributed by atoms with Gasteiger partial charge in [0.05, 0.1) is 4.90 Å². The van der Waals surface area contributed by atoms with Gasteiger partial charge in [-0.3, -0.25) is 0 Å². The highest BCUT2D eigenvalue weighted by Gasteiger charge is 2.22. The Labute approximate surface area is 115 Å². The summed E-state index contributed by atoms with van der Waals surface area (Å²) in [5.41, 5.74) is 1.88. The zero-order valence-electron chi connectivity index (χ0n) is 11.1. The molecule has 0 aromatic heterocycles. The molecular weight excluding hydrogens is 270 g/mol. The van der Waals surface area contributed by atoms with Crippen LogP contribution in [-0.4, -0.2) is 25.8 Å². The van der Waals surface area contributed by atoms with E-state index in [1.54, 1.807) is 12.1 Å². The third-order valence-electron chi connectivity index (χ3n) is 2.93. The Bertz CT molecular complexity index is 500. The molecule has 0 atom stereocenters. The Kier molecular flexibility index (Phi) is 5.63. The summed E-state index contributed by atoms with van der Waals surface area (Å²) in [5, 5.41) is 0. The first-order valence-corrected chi connectivity index (χ1v) is 8.10. The first-order valence-electron chi connectivity index (χ1n) is 6.13. The number of halogens is 1. The monoisotopic (exact) mass is 289 g/mol. The normalized spacial score (nSPS) is 12.1. The van der Waals surface area contributed by atoms with Gasteiger partial charge in [-0.05, 0) is 36.6 Å². The van der Waals surface area contributed by atoms with Crippen molar-refractivity contribution in [3.63, 3.8) is 0 Å². The fourth-order valence-corrected chi connectivity index (χ4v) is 3.68. The van der Waals surface area contributed by atoms with Crippen molar-refractivity contribution < 1.29 is 8.42 Å². The number of hydrogen-bond acceptors (Lipinski definition) is 2. The van der Waals surface area contributed by atoms with Crippen molar-refractivity contribution >= 4 is 21.6 Å². The summed E-state index contributed by atoms with van der Waals surface area (Å²) in [6, 6.07) is 5.14. The van der Waals surface area contributed by atoms with Crippen LogP contribution in [0.25, 0.3) is 0 Å². The molecule has 0 bridgehead atoms. The molecule has 0 spiro atoms. The van der Waals surface area contributed by atoms with Crippen LogP contribution >= 0.6 is 11.6 Å². The van der Waals surface area contributed by atoms with Crippen molar-refractivity contribution in [2.24, 2.45) is 0 Å². The van der Waals surface area contributed by atoms with E-state index in [0.29, 0.717) is 23.9 Å². The van der Waals surface area contributed by atoms with Gasteiger partial charge >= 0.3 is 0 Å². The molecule has 0 aliphatic carbocycles. The lowest BCUT2D eigenvalue weighted by atomic mass is 10.1. The highest BCUT2D eigenvalue weighted by molar-refractivity contribution is 7.89. The quantitative estimate of drug-likeness (QED) is 0.755. The molecule has 0 fully saturated rings. The van der Waals surface area contributed by atoms with Gasteiger partial charge in [0.15, 0.2) is 0 Å². The summed E-state index contributed by atoms with van der Waals surface area (Å²) >= 11 is 5.82. The second kappa shape index (κ2) is 6.55. The molecule has 0 radical (unpaired) electrons. The fraction of sp³-hybridized carbons (Fsp3) is 0.538. The van der Waals surface area contributed by atoms with E-state index in [2.05, 4.69) is 0 Å². The molecule has 18 heavy (non-hydrogen) atoms. The molecule has 0 aliphatic rings. The Morgan fingerprint density at radius 3 is 2.44 bits per heavy atom. The molecule has 3 nitrogen and oxygen atoms in total. The second-order valence-corrected chi connectivity index (χ2v) is 6.42. The SMILES string of the molecule is CCCN(CC)S(=O)(=O)c1ccc(C)c(CCl)c1. The zero-order valence-corrected chi connectivity index (χ0v) is 12.7. The Morgan fingerprint density at radius 2 is 1.94 bits per heavy atom. The predicted octanol–water partition coefficient (Wildman–Crippen LogP) is 3.15. The summed E-state index contributed by atoms with van der Waals surface area (Å²) < 4.78 is 26.3. The maximum atomic E-state index is 12.4. The molecule has 1 rings (SSSR count). The van der Waals surface area contributed by atoms with Crippen LogP contribution in [0.2, 0.25) is 0 Å². The third kappa shape index (κ3) is 3.25. The molecule has 0 heterocycles. The van der Waals surface area contributed by atoms with Gasteiger partial charge in [0.1, 0.15) is 0 Å². The average Bonchev–Trinajstić information content (AvgIpc) is 2.35. The van der Waals surface area contributed by atoms with E-state index in [9.17, 15) is 8.42 Å². The molecule has 0 saturated heterocycles. The standard InChI is InChI=1S/C13H20ClNO2S/c1-4-8-15(5-2)18(16,17)13-7-6-11(3)12(9-13)10-14/h6-7,9H,4-5,8,10H2,1-3H3. The lowest BCUT2D eigenvalue weighted by molar-refractivity contribution is 0.427. The number of hydrogen-bond donors (Lipinski definition) is 0. The number of alkyl halides is 1. The third-order valence-corrected chi connectivity index (χ3v) is 5.19. The van der Waals surface area contributed by atoms with Gasteiger partial charge in [0, 0.05) is 19.0 Å². The predicted molar refractivity (Wildman–Crippen MR) is 75.5 cm³/mol. The first-order chi connectivity index (χ1) is 8.47. The molecule has 0 amide bonds. The van der Waals surface area contributed by atoms with Crippen LogP contribution < -0.4 is 0 Å². The van der Waals surface area contributed by atoms with Gasteiger partial charge < -0.3 is 0 Å². The van der Waals surface area contributed by atoms with E-state index in [1.165, 1.54) is 4.31 Å². The lowest BCUT2D eigenvalue weighted by Crippen LogP contribution is -2.31. The molecule has 0 N–H and O–H groups in total. The molecule has 5 heteroatoms. The minimum absolute atomic E-state index is 0.328. The van der Waals surface area contributed by atoms with E-state index in [1.807, 2.05) is 26.8 Å². The fourth-order valence-electron chi connectivity index (χ4n) is 1.80. The maximum absolute atomic E-state index is 12.4. The zero-order chi connectivity index (χ0) is 13.8. The number of aryl methyl sites for hydroxylation is 1. The molecule has 1 aromatic carbocycles. The van der Waals surface area contributed by atoms with Crippen LogP contribution in [-0.2, 0) is 15.9 Å². The van der Waals surface area contributed by atoms with Gasteiger partial charge in [-0.2, -0.15) is 4.31 Å². The van der Waals surface area contributed by atoms with Crippen LogP contribution in [0.5, 0.6) is 0 Å². The van der Waals surface area contributed by atoms with Crippen molar-refractivity contribution in [1.29, 1.82) is 0 Å². The van der Waals surface area contributed by atoms with E-state index >= 15 is 0 Å². The van der Waals surface area contributed by atoms with E-state index in [-0.39, 0.29) is 0 Å². The summed E-state index contributed by atoms with van der Waals surface area (Å²) in [7, 11) is -3.39. The summed E-state index contributed by atoms with van der Waals surface area (Å²) in [5.74, 6) is 0.328. The van der Waals surface area contributed by atoms with Gasteiger partial charge in [0.25, 0.3) is 0 Å². The Balaban J connectivity index is 3.19. The van der Waals surface area contributed by atoms with Gasteiger partial charge in [-0.15, -0.1) is 11.6 Å². The average molecular weight is 290 g/mol. The second-order valence-electron chi connectivity index (χ2n) is 4.22. The van der Waals surface area contributed by atoms with Crippen molar-refractivity contribution in [2.75, 3.05) is 13.1 Å². The smallest absolute Gasteiger partial charge is 0.207 e. The van der Waals surface area contributed by atoms with Gasteiger partial charge in [-0.25, -0.2) is 8.42 Å². The van der Waals surface area contributed by atoms with Crippen LogP contribution in [0.15, 0.2) is 23.1 Å². The largest absolute Gasteiger partial charge is 0.243 e. The summed E-state index contributed by atoms with van der Waals surface area (Å²) in [4.78, 5) is 0.332. The van der Waals surface area contributed by atoms with Crippen LogP contribution in [0.1, 0.15) is 31.4 Å². The Hall–Kier alpha value is -0.580. The van der Waals surface area contributed by atoms with Crippen LogP contribution in [0.3, 0.4) is 0 Å². The van der Waals surface area contributed by atoms with Crippen LogP contribution in [0, 0.1) is 6.92 Å². The topological polar surface area (TPSA) is 37.4 Å². The van der Waals surface area contributed by atoms with Crippen molar-refractivity contribution in [3.8, 4) is 0 Å². The molecule has 0 unspecified atom stereocenters. The first kappa shape index (κ1) is 15.5.